The Labute approximate surface area is 260 Å². The van der Waals surface area contributed by atoms with E-state index >= 15 is 0 Å². The molecule has 0 spiro atoms. The van der Waals surface area contributed by atoms with Crippen LogP contribution in [0.3, 0.4) is 0 Å². The molecular weight excluding hydrogens is 574 g/mol. The smallest absolute Gasteiger partial charge is 0.407 e. The lowest BCUT2D eigenvalue weighted by Gasteiger charge is -2.29. The van der Waals surface area contributed by atoms with Crippen LogP contribution >= 0.6 is 11.6 Å². The Kier molecular flexibility index (Phi) is 16.2. The topological polar surface area (TPSA) is 132 Å². The number of carbonyl (C=O) groups excluding carboxylic acids is 4. The molecule has 0 saturated heterocycles. The Balaban J connectivity index is 2.71. The first kappa shape index (κ1) is 37.2. The van der Waals surface area contributed by atoms with Crippen molar-refractivity contribution >= 4 is 35.5 Å². The van der Waals surface area contributed by atoms with Gasteiger partial charge in [-0.2, -0.15) is 0 Å². The molecule has 0 aromatic rings. The fraction of sp³-hybridized carbons (Fsp3) is 0.500. The number of ether oxygens (including phenoxy) is 3. The van der Waals surface area contributed by atoms with Crippen molar-refractivity contribution in [3.05, 3.63) is 71.2 Å². The number of alkyl carbamates (subject to hydrolysis) is 1. The monoisotopic (exact) mass is 619 g/mol. The van der Waals surface area contributed by atoms with Crippen molar-refractivity contribution in [3.8, 4) is 0 Å². The predicted molar refractivity (Wildman–Crippen MR) is 168 cm³/mol. The second kappa shape index (κ2) is 18.7. The number of methoxy groups -OCH3 is 1. The third-order valence-electron chi connectivity index (χ3n) is 6.34. The van der Waals surface area contributed by atoms with Crippen molar-refractivity contribution in [3.63, 3.8) is 0 Å². The van der Waals surface area contributed by atoms with E-state index in [1.54, 1.807) is 37.3 Å². The summed E-state index contributed by atoms with van der Waals surface area (Å²) >= 11 is 5.89. The van der Waals surface area contributed by atoms with Crippen LogP contribution in [-0.2, 0) is 28.6 Å². The number of esters is 1. The van der Waals surface area contributed by atoms with Gasteiger partial charge in [-0.3, -0.25) is 9.59 Å². The van der Waals surface area contributed by atoms with Gasteiger partial charge in [0.05, 0.1) is 7.11 Å². The molecule has 0 saturated carbocycles. The van der Waals surface area contributed by atoms with Crippen LogP contribution in [0.15, 0.2) is 71.2 Å². The molecule has 238 valence electrons. The Morgan fingerprint density at radius 1 is 1.16 bits per heavy atom. The highest BCUT2D eigenvalue weighted by atomic mass is 35.5. The molecule has 1 heterocycles. The summed E-state index contributed by atoms with van der Waals surface area (Å²) in [6, 6.07) is -0.814. The summed E-state index contributed by atoms with van der Waals surface area (Å²) in [6.07, 6.45) is 15.2. The van der Waals surface area contributed by atoms with E-state index in [1.165, 1.54) is 26.4 Å². The van der Waals surface area contributed by atoms with Crippen LogP contribution in [0.1, 0.15) is 60.8 Å². The number of rotatable bonds is 14. The van der Waals surface area contributed by atoms with E-state index < -0.39 is 35.5 Å². The van der Waals surface area contributed by atoms with Gasteiger partial charge >= 0.3 is 12.1 Å². The van der Waals surface area contributed by atoms with Crippen molar-refractivity contribution < 1.29 is 33.4 Å². The highest BCUT2D eigenvalue weighted by Gasteiger charge is 2.32. The molecule has 0 fully saturated rings. The first-order valence-electron chi connectivity index (χ1n) is 14.1. The molecule has 0 aliphatic carbocycles. The average Bonchev–Trinajstić information content (AvgIpc) is 2.93. The third kappa shape index (κ3) is 14.8. The van der Waals surface area contributed by atoms with Crippen LogP contribution in [0.4, 0.5) is 4.79 Å². The molecule has 3 amide bonds. The highest BCUT2D eigenvalue weighted by molar-refractivity contribution is 6.29. The zero-order valence-electron chi connectivity index (χ0n) is 26.4. The van der Waals surface area contributed by atoms with Crippen LogP contribution in [0.25, 0.3) is 0 Å². The highest BCUT2D eigenvalue weighted by Crippen LogP contribution is 2.23. The first-order valence-corrected chi connectivity index (χ1v) is 14.5. The molecule has 1 rings (SSSR count). The van der Waals surface area contributed by atoms with E-state index in [-0.39, 0.29) is 23.7 Å². The maximum absolute atomic E-state index is 12.9. The molecule has 0 aromatic carbocycles. The number of hydrogen-bond donors (Lipinski definition) is 3. The van der Waals surface area contributed by atoms with Gasteiger partial charge in [0.2, 0.25) is 11.8 Å². The molecule has 4 atom stereocenters. The van der Waals surface area contributed by atoms with Crippen molar-refractivity contribution in [2.45, 2.75) is 79.1 Å². The van der Waals surface area contributed by atoms with Gasteiger partial charge < -0.3 is 30.2 Å². The van der Waals surface area contributed by atoms with Crippen molar-refractivity contribution in [1.82, 2.24) is 16.0 Å². The zero-order chi connectivity index (χ0) is 32.6. The maximum atomic E-state index is 12.9. The van der Waals surface area contributed by atoms with Gasteiger partial charge in [-0.05, 0) is 31.5 Å². The first-order chi connectivity index (χ1) is 20.2. The molecule has 10 nitrogen and oxygen atoms in total. The average molecular weight is 620 g/mol. The van der Waals surface area contributed by atoms with Crippen LogP contribution in [-0.4, -0.2) is 56.3 Å². The maximum Gasteiger partial charge on any atom is 0.407 e. The van der Waals surface area contributed by atoms with E-state index in [1.807, 2.05) is 46.8 Å². The number of hydrogen-bond acceptors (Lipinski definition) is 7. The standard InChI is InChI=1S/C32H46ClN3O7/c1-21(20-22(2)25-17-18-26(41-8)30(39)43-25)12-9-10-14-27(37)36-28(32(4,5)6)29(38)35-19-11-13-24(16-15-23(3)33)42-31(40)34-7/h9-12,14-15,18-20,22,24-25,28H,13,16-17H2,1-8H3,(H,34,40)(H,35,38)(H,36,37)/b12-9-,14-10-,19-11-,21-20+,23-15+. The third-order valence-corrected chi connectivity index (χ3v) is 6.50. The van der Waals surface area contributed by atoms with Crippen LogP contribution in [0.5, 0.6) is 0 Å². The number of allylic oxidation sites excluding steroid dienone is 5. The second-order valence-electron chi connectivity index (χ2n) is 11.2. The molecule has 11 heteroatoms. The molecule has 43 heavy (non-hydrogen) atoms. The normalized spacial score (nSPS) is 18.6. The minimum Gasteiger partial charge on any atom is -0.490 e. The van der Waals surface area contributed by atoms with E-state index in [0.29, 0.717) is 24.3 Å². The minimum atomic E-state index is -0.814. The molecule has 0 aromatic heterocycles. The lowest BCUT2D eigenvalue weighted by Crippen LogP contribution is -2.52. The van der Waals surface area contributed by atoms with Gasteiger partial charge in [0, 0.05) is 43.3 Å². The van der Waals surface area contributed by atoms with Crippen molar-refractivity contribution in [1.29, 1.82) is 0 Å². The molecule has 3 N–H and O–H groups in total. The summed E-state index contributed by atoms with van der Waals surface area (Å²) < 4.78 is 15.7. The summed E-state index contributed by atoms with van der Waals surface area (Å²) in [7, 11) is 2.91. The molecular formula is C32H46ClN3O7. The molecule has 0 bridgehead atoms. The zero-order valence-corrected chi connectivity index (χ0v) is 27.1. The molecule has 4 unspecified atom stereocenters. The number of cyclic esters (lactones) is 1. The van der Waals surface area contributed by atoms with Gasteiger partial charge in [-0.15, -0.1) is 0 Å². The van der Waals surface area contributed by atoms with Crippen LogP contribution in [0, 0.1) is 11.3 Å². The van der Waals surface area contributed by atoms with Gasteiger partial charge in [0.1, 0.15) is 18.2 Å². The summed E-state index contributed by atoms with van der Waals surface area (Å²) in [6.45, 7) is 11.2. The van der Waals surface area contributed by atoms with E-state index in [9.17, 15) is 19.2 Å². The Hall–Kier alpha value is -3.79. The number of carbonyl (C=O) groups is 4. The Morgan fingerprint density at radius 2 is 1.84 bits per heavy atom. The summed E-state index contributed by atoms with van der Waals surface area (Å²) in [5.41, 5.74) is 0.368. The lowest BCUT2D eigenvalue weighted by molar-refractivity contribution is -0.151. The number of nitrogens with one attached hydrogen (secondary N) is 3. The quantitative estimate of drug-likeness (QED) is 0.136. The van der Waals surface area contributed by atoms with Crippen LogP contribution < -0.4 is 16.0 Å². The fourth-order valence-electron chi connectivity index (χ4n) is 3.97. The fourth-order valence-corrected chi connectivity index (χ4v) is 4.06. The van der Waals surface area contributed by atoms with Gasteiger partial charge in [-0.1, -0.05) is 81.3 Å². The Morgan fingerprint density at radius 3 is 2.42 bits per heavy atom. The molecule has 1 aliphatic heterocycles. The van der Waals surface area contributed by atoms with E-state index in [0.717, 1.165) is 5.57 Å². The Bertz CT molecular complexity index is 1160. The predicted octanol–water partition coefficient (Wildman–Crippen LogP) is 5.34. The summed E-state index contributed by atoms with van der Waals surface area (Å²) in [5.74, 6) is -1.07. The van der Waals surface area contributed by atoms with Crippen LogP contribution in [0.2, 0.25) is 0 Å². The van der Waals surface area contributed by atoms with E-state index in [2.05, 4.69) is 16.0 Å². The van der Waals surface area contributed by atoms with Crippen molar-refractivity contribution in [2.24, 2.45) is 11.3 Å². The minimum absolute atomic E-state index is 0.0171. The molecule has 1 aliphatic rings. The van der Waals surface area contributed by atoms with Gasteiger partial charge in [0.25, 0.3) is 0 Å². The SMILES string of the molecule is CNC(=O)OC(C/C=C\NC(=O)C(NC(=O)\C=C/C=C\C(C)=C\C(C)C1CC=C(OC)C(=O)O1)C(C)(C)C)C/C=C(\C)Cl. The number of halogens is 1. The summed E-state index contributed by atoms with van der Waals surface area (Å²) in [5, 5.41) is 8.45. The lowest BCUT2D eigenvalue weighted by atomic mass is 9.86. The summed E-state index contributed by atoms with van der Waals surface area (Å²) in [4.78, 5) is 49.1. The second-order valence-corrected chi connectivity index (χ2v) is 11.8. The largest absolute Gasteiger partial charge is 0.490 e. The number of amides is 3. The molecule has 0 radical (unpaired) electrons. The van der Waals surface area contributed by atoms with E-state index in [4.69, 9.17) is 25.8 Å². The van der Waals surface area contributed by atoms with Gasteiger partial charge in [-0.25, -0.2) is 9.59 Å². The van der Waals surface area contributed by atoms with Gasteiger partial charge in [0.15, 0.2) is 5.76 Å². The van der Waals surface area contributed by atoms with Crippen molar-refractivity contribution in [2.75, 3.05) is 14.2 Å².